The molecule has 1 amide bonds. The van der Waals surface area contributed by atoms with Gasteiger partial charge in [-0.05, 0) is 48.7 Å². The van der Waals surface area contributed by atoms with Gasteiger partial charge in [0.25, 0.3) is 5.91 Å². The predicted molar refractivity (Wildman–Crippen MR) is 118 cm³/mol. The quantitative estimate of drug-likeness (QED) is 0.598. The highest BCUT2D eigenvalue weighted by molar-refractivity contribution is 9.10. The number of likely N-dealkylation sites (tertiary alicyclic amines) is 1. The molecular formula is C24H23BrN2O3. The number of rotatable bonds is 5. The van der Waals surface area contributed by atoms with Crippen LogP contribution < -0.4 is 4.74 Å². The van der Waals surface area contributed by atoms with Crippen molar-refractivity contribution in [2.45, 2.75) is 25.0 Å². The summed E-state index contributed by atoms with van der Waals surface area (Å²) in [5, 5.41) is 11.1. The zero-order chi connectivity index (χ0) is 21.0. The molecule has 4 rings (SSSR count). The lowest BCUT2D eigenvalue weighted by Gasteiger charge is -2.38. The minimum absolute atomic E-state index is 0.0744. The van der Waals surface area contributed by atoms with Crippen LogP contribution >= 0.6 is 15.9 Å². The van der Waals surface area contributed by atoms with Crippen molar-refractivity contribution >= 4 is 21.8 Å². The van der Waals surface area contributed by atoms with Gasteiger partial charge in [0, 0.05) is 35.5 Å². The Morgan fingerprint density at radius 2 is 1.80 bits per heavy atom. The number of piperidine rings is 1. The molecule has 2 aromatic carbocycles. The largest absolute Gasteiger partial charge is 0.488 e. The van der Waals surface area contributed by atoms with Crippen LogP contribution in [0.3, 0.4) is 0 Å². The highest BCUT2D eigenvalue weighted by Gasteiger charge is 2.36. The van der Waals surface area contributed by atoms with Crippen molar-refractivity contribution in [3.8, 4) is 5.75 Å². The Labute approximate surface area is 184 Å². The second kappa shape index (κ2) is 8.98. The van der Waals surface area contributed by atoms with Crippen molar-refractivity contribution in [2.75, 3.05) is 13.1 Å². The van der Waals surface area contributed by atoms with Gasteiger partial charge < -0.3 is 14.7 Å². The van der Waals surface area contributed by atoms with Crippen molar-refractivity contribution < 1.29 is 14.6 Å². The fourth-order valence-electron chi connectivity index (χ4n) is 3.71. The average Bonchev–Trinajstić information content (AvgIpc) is 2.79. The molecule has 0 atom stereocenters. The van der Waals surface area contributed by atoms with Crippen LogP contribution in [0.25, 0.3) is 0 Å². The molecule has 1 fully saturated rings. The third-order valence-corrected chi connectivity index (χ3v) is 6.02. The molecule has 1 N–H and O–H groups in total. The van der Waals surface area contributed by atoms with Crippen LogP contribution in [0.1, 0.15) is 34.3 Å². The number of pyridine rings is 1. The monoisotopic (exact) mass is 466 g/mol. The van der Waals surface area contributed by atoms with E-state index in [4.69, 9.17) is 4.74 Å². The lowest BCUT2D eigenvalue weighted by Crippen LogP contribution is -2.45. The Morgan fingerprint density at radius 3 is 2.50 bits per heavy atom. The van der Waals surface area contributed by atoms with Crippen molar-refractivity contribution in [3.63, 3.8) is 0 Å². The smallest absolute Gasteiger partial charge is 0.257 e. The predicted octanol–water partition coefficient (Wildman–Crippen LogP) is 4.55. The van der Waals surface area contributed by atoms with Crippen molar-refractivity contribution in [2.24, 2.45) is 0 Å². The minimum Gasteiger partial charge on any atom is -0.488 e. The number of hydrogen-bond donors (Lipinski definition) is 1. The molecule has 0 bridgehead atoms. The van der Waals surface area contributed by atoms with Gasteiger partial charge >= 0.3 is 0 Å². The molecule has 1 aromatic heterocycles. The summed E-state index contributed by atoms with van der Waals surface area (Å²) >= 11 is 3.43. The number of aliphatic hydroxyl groups is 1. The van der Waals surface area contributed by atoms with Crippen molar-refractivity contribution in [1.82, 2.24) is 9.88 Å². The number of carbonyl (C=O) groups excluding carboxylic acids is 1. The zero-order valence-electron chi connectivity index (χ0n) is 16.5. The SMILES string of the molecule is O=C(c1ccccc1OCc1cccnc1)N1CCC(O)(c2ccc(Br)cc2)CC1. The molecule has 0 spiro atoms. The number of carbonyl (C=O) groups is 1. The van der Waals surface area contributed by atoms with Gasteiger partial charge in [-0.2, -0.15) is 0 Å². The van der Waals surface area contributed by atoms with Crippen molar-refractivity contribution in [1.29, 1.82) is 0 Å². The Morgan fingerprint density at radius 1 is 1.07 bits per heavy atom. The molecule has 0 radical (unpaired) electrons. The number of amides is 1. The first-order valence-electron chi connectivity index (χ1n) is 9.94. The molecule has 2 heterocycles. The average molecular weight is 467 g/mol. The van der Waals surface area contributed by atoms with Gasteiger partial charge in [-0.3, -0.25) is 9.78 Å². The number of halogens is 1. The zero-order valence-corrected chi connectivity index (χ0v) is 18.1. The molecule has 0 aliphatic carbocycles. The van der Waals surface area contributed by atoms with E-state index in [9.17, 15) is 9.90 Å². The normalized spacial score (nSPS) is 15.6. The highest BCUT2D eigenvalue weighted by atomic mass is 79.9. The Kier molecular flexibility index (Phi) is 6.16. The number of benzene rings is 2. The molecule has 6 heteroatoms. The van der Waals surface area contributed by atoms with Gasteiger partial charge in [-0.15, -0.1) is 0 Å². The Hall–Kier alpha value is -2.70. The number of nitrogens with zero attached hydrogens (tertiary/aromatic N) is 2. The third kappa shape index (κ3) is 4.55. The molecule has 1 aliphatic rings. The third-order valence-electron chi connectivity index (χ3n) is 5.49. The fraction of sp³-hybridized carbons (Fsp3) is 0.250. The first-order chi connectivity index (χ1) is 14.5. The molecular weight excluding hydrogens is 444 g/mol. The summed E-state index contributed by atoms with van der Waals surface area (Å²) in [7, 11) is 0. The first-order valence-corrected chi connectivity index (χ1v) is 10.7. The van der Waals surface area contributed by atoms with Crippen molar-refractivity contribution in [3.05, 3.63) is 94.2 Å². The second-order valence-corrected chi connectivity index (χ2v) is 8.39. The van der Waals surface area contributed by atoms with E-state index in [-0.39, 0.29) is 5.91 Å². The van der Waals surface area contributed by atoms with Crippen LogP contribution in [0.15, 0.2) is 77.5 Å². The molecule has 1 aliphatic heterocycles. The Balaban J connectivity index is 1.44. The number of hydrogen-bond acceptors (Lipinski definition) is 4. The summed E-state index contributed by atoms with van der Waals surface area (Å²) in [4.78, 5) is 19.1. The summed E-state index contributed by atoms with van der Waals surface area (Å²) in [5.41, 5.74) is 1.46. The summed E-state index contributed by atoms with van der Waals surface area (Å²) in [6, 6.07) is 18.8. The summed E-state index contributed by atoms with van der Waals surface area (Å²) < 4.78 is 6.89. The van der Waals surface area contributed by atoms with E-state index in [0.717, 1.165) is 15.6 Å². The van der Waals surface area contributed by atoms with E-state index < -0.39 is 5.60 Å². The van der Waals surface area contributed by atoms with Crippen LogP contribution in [-0.2, 0) is 12.2 Å². The number of para-hydroxylation sites is 1. The number of aromatic nitrogens is 1. The van der Waals surface area contributed by atoms with Gasteiger partial charge in [-0.1, -0.05) is 46.3 Å². The van der Waals surface area contributed by atoms with E-state index in [2.05, 4.69) is 20.9 Å². The van der Waals surface area contributed by atoms with E-state index in [1.54, 1.807) is 23.4 Å². The van der Waals surface area contributed by atoms with Gasteiger partial charge in [-0.25, -0.2) is 0 Å². The van der Waals surface area contributed by atoms with Gasteiger partial charge in [0.05, 0.1) is 11.2 Å². The maximum atomic E-state index is 13.2. The summed E-state index contributed by atoms with van der Waals surface area (Å²) in [5.74, 6) is 0.481. The molecule has 0 unspecified atom stereocenters. The molecule has 30 heavy (non-hydrogen) atoms. The van der Waals surface area contributed by atoms with Crippen LogP contribution in [-0.4, -0.2) is 34.0 Å². The van der Waals surface area contributed by atoms with E-state index in [1.165, 1.54) is 0 Å². The standard InChI is InChI=1S/C24H23BrN2O3/c25-20-9-7-19(8-10-20)24(29)11-14-27(15-12-24)23(28)21-5-1-2-6-22(21)30-17-18-4-3-13-26-16-18/h1-10,13,16,29H,11-12,14-15,17H2. The van der Waals surface area contributed by atoms with Gasteiger partial charge in [0.1, 0.15) is 12.4 Å². The van der Waals surface area contributed by atoms with E-state index in [1.807, 2.05) is 54.6 Å². The van der Waals surface area contributed by atoms with Crippen LogP contribution in [0.4, 0.5) is 0 Å². The first kappa shape index (κ1) is 20.6. The fourth-order valence-corrected chi connectivity index (χ4v) is 3.98. The van der Waals surface area contributed by atoms with Gasteiger partial charge in [0.2, 0.25) is 0 Å². The Bertz CT molecular complexity index is 1000. The summed E-state index contributed by atoms with van der Waals surface area (Å²) in [6.07, 6.45) is 4.46. The summed E-state index contributed by atoms with van der Waals surface area (Å²) in [6.45, 7) is 1.33. The van der Waals surface area contributed by atoms with E-state index >= 15 is 0 Å². The van der Waals surface area contributed by atoms with Crippen LogP contribution in [0.2, 0.25) is 0 Å². The second-order valence-electron chi connectivity index (χ2n) is 7.48. The lowest BCUT2D eigenvalue weighted by atomic mass is 9.84. The topological polar surface area (TPSA) is 62.7 Å². The molecule has 3 aromatic rings. The molecule has 0 saturated carbocycles. The number of ether oxygens (including phenoxy) is 1. The van der Waals surface area contributed by atoms with Crippen LogP contribution in [0, 0.1) is 0 Å². The van der Waals surface area contributed by atoms with Crippen LogP contribution in [0.5, 0.6) is 5.75 Å². The van der Waals surface area contributed by atoms with E-state index in [0.29, 0.717) is 43.9 Å². The lowest BCUT2D eigenvalue weighted by molar-refractivity contribution is -0.0212. The van der Waals surface area contributed by atoms with Gasteiger partial charge in [0.15, 0.2) is 0 Å². The molecule has 154 valence electrons. The molecule has 1 saturated heterocycles. The highest BCUT2D eigenvalue weighted by Crippen LogP contribution is 2.34. The molecule has 5 nitrogen and oxygen atoms in total. The minimum atomic E-state index is -0.909. The maximum absolute atomic E-state index is 13.2. The maximum Gasteiger partial charge on any atom is 0.257 e.